The van der Waals surface area contributed by atoms with Gasteiger partial charge in [-0.05, 0) is 61.9 Å². The van der Waals surface area contributed by atoms with Gasteiger partial charge in [-0.2, -0.15) is 5.10 Å². The van der Waals surface area contributed by atoms with Crippen LogP contribution in [0.2, 0.25) is 5.02 Å². The Bertz CT molecular complexity index is 1040. The van der Waals surface area contributed by atoms with Crippen molar-refractivity contribution in [3.63, 3.8) is 0 Å². The molecule has 7 heteroatoms. The van der Waals surface area contributed by atoms with Crippen LogP contribution in [0.25, 0.3) is 5.69 Å². The summed E-state index contributed by atoms with van der Waals surface area (Å²) in [7, 11) is 0. The number of nitrogens with zero attached hydrogens (tertiary/aromatic N) is 3. The van der Waals surface area contributed by atoms with Gasteiger partial charge in [0.25, 0.3) is 5.91 Å². The first-order valence-electron chi connectivity index (χ1n) is 9.05. The molecule has 3 aromatic rings. The first-order valence-corrected chi connectivity index (χ1v) is 9.43. The van der Waals surface area contributed by atoms with Gasteiger partial charge in [0.1, 0.15) is 0 Å². The van der Waals surface area contributed by atoms with Crippen molar-refractivity contribution >= 4 is 34.8 Å². The van der Waals surface area contributed by atoms with Gasteiger partial charge in [0.2, 0.25) is 5.91 Å². The summed E-state index contributed by atoms with van der Waals surface area (Å²) in [4.78, 5) is 26.1. The number of hydrogen-bond donors (Lipinski definition) is 1. The third kappa shape index (κ3) is 3.51. The molecule has 4 rings (SSSR count). The van der Waals surface area contributed by atoms with E-state index in [9.17, 15) is 9.59 Å². The number of nitrogens with one attached hydrogen (secondary N) is 1. The fourth-order valence-electron chi connectivity index (χ4n) is 3.30. The van der Waals surface area contributed by atoms with E-state index in [4.69, 9.17) is 11.6 Å². The SMILES string of the molecule is Cc1ccnn1-c1ccc(C(=O)Nc2ccc(N3CCCC3=O)c(Cl)c2)cc1. The van der Waals surface area contributed by atoms with Gasteiger partial charge in [-0.15, -0.1) is 0 Å². The molecule has 0 radical (unpaired) electrons. The van der Waals surface area contributed by atoms with Crippen molar-refractivity contribution in [2.75, 3.05) is 16.8 Å². The minimum Gasteiger partial charge on any atom is -0.322 e. The lowest BCUT2D eigenvalue weighted by atomic mass is 10.2. The van der Waals surface area contributed by atoms with Crippen molar-refractivity contribution in [1.82, 2.24) is 9.78 Å². The molecule has 2 aromatic carbocycles. The molecule has 28 heavy (non-hydrogen) atoms. The highest BCUT2D eigenvalue weighted by molar-refractivity contribution is 6.34. The second-order valence-electron chi connectivity index (χ2n) is 6.70. The Morgan fingerprint density at radius 3 is 2.54 bits per heavy atom. The van der Waals surface area contributed by atoms with E-state index in [1.807, 2.05) is 25.1 Å². The van der Waals surface area contributed by atoms with Crippen LogP contribution in [0.4, 0.5) is 11.4 Å². The van der Waals surface area contributed by atoms with Crippen molar-refractivity contribution in [3.05, 3.63) is 71.0 Å². The largest absolute Gasteiger partial charge is 0.322 e. The summed E-state index contributed by atoms with van der Waals surface area (Å²) in [6.07, 6.45) is 3.11. The van der Waals surface area contributed by atoms with E-state index >= 15 is 0 Å². The number of carbonyl (C=O) groups excluding carboxylic acids is 2. The van der Waals surface area contributed by atoms with Crippen LogP contribution >= 0.6 is 11.6 Å². The van der Waals surface area contributed by atoms with E-state index in [1.165, 1.54) is 0 Å². The van der Waals surface area contributed by atoms with E-state index < -0.39 is 0 Å². The Balaban J connectivity index is 1.48. The summed E-state index contributed by atoms with van der Waals surface area (Å²) in [5, 5.41) is 7.54. The number of carbonyl (C=O) groups is 2. The lowest BCUT2D eigenvalue weighted by Gasteiger charge is -2.18. The van der Waals surface area contributed by atoms with Crippen molar-refractivity contribution in [3.8, 4) is 5.69 Å². The Hall–Kier alpha value is -3.12. The zero-order valence-corrected chi connectivity index (χ0v) is 16.1. The van der Waals surface area contributed by atoms with Gasteiger partial charge in [0.05, 0.1) is 16.4 Å². The normalized spacial score (nSPS) is 13.8. The van der Waals surface area contributed by atoms with Gasteiger partial charge >= 0.3 is 0 Å². The average molecular weight is 395 g/mol. The number of aryl methyl sites for hydroxylation is 1. The molecule has 0 unspecified atom stereocenters. The van der Waals surface area contributed by atoms with Crippen LogP contribution in [-0.2, 0) is 4.79 Å². The third-order valence-corrected chi connectivity index (χ3v) is 5.08. The van der Waals surface area contributed by atoms with Crippen LogP contribution in [0.15, 0.2) is 54.7 Å². The Morgan fingerprint density at radius 1 is 1.14 bits per heavy atom. The molecule has 6 nitrogen and oxygen atoms in total. The number of benzene rings is 2. The Morgan fingerprint density at radius 2 is 1.93 bits per heavy atom. The molecule has 0 spiro atoms. The summed E-state index contributed by atoms with van der Waals surface area (Å²) < 4.78 is 1.81. The van der Waals surface area contributed by atoms with E-state index in [2.05, 4.69) is 10.4 Å². The quantitative estimate of drug-likeness (QED) is 0.720. The number of amides is 2. The molecule has 1 saturated heterocycles. The molecule has 1 N–H and O–H groups in total. The molecule has 2 heterocycles. The van der Waals surface area contributed by atoms with Crippen LogP contribution < -0.4 is 10.2 Å². The van der Waals surface area contributed by atoms with Crippen molar-refractivity contribution in [1.29, 1.82) is 0 Å². The number of anilines is 2. The molecule has 0 aliphatic carbocycles. The molecule has 0 saturated carbocycles. The van der Waals surface area contributed by atoms with E-state index in [0.29, 0.717) is 34.9 Å². The number of hydrogen-bond acceptors (Lipinski definition) is 3. The topological polar surface area (TPSA) is 67.2 Å². The number of aromatic nitrogens is 2. The number of halogens is 1. The first-order chi connectivity index (χ1) is 13.5. The molecule has 1 aliphatic heterocycles. The third-order valence-electron chi connectivity index (χ3n) is 4.78. The Labute approximate surface area is 167 Å². The fourth-order valence-corrected chi connectivity index (χ4v) is 3.59. The minimum atomic E-state index is -0.232. The van der Waals surface area contributed by atoms with Crippen LogP contribution in [-0.4, -0.2) is 28.1 Å². The molecular formula is C21H19ClN4O2. The fraction of sp³-hybridized carbons (Fsp3) is 0.190. The zero-order valence-electron chi connectivity index (χ0n) is 15.4. The summed E-state index contributed by atoms with van der Waals surface area (Å²) in [5.74, 6) is -0.156. The smallest absolute Gasteiger partial charge is 0.255 e. The maximum Gasteiger partial charge on any atom is 0.255 e. The first kappa shape index (κ1) is 18.3. The number of rotatable bonds is 4. The summed E-state index contributed by atoms with van der Waals surface area (Å²) in [6.45, 7) is 2.64. The highest BCUT2D eigenvalue weighted by atomic mass is 35.5. The highest BCUT2D eigenvalue weighted by Gasteiger charge is 2.23. The maximum absolute atomic E-state index is 12.5. The lowest BCUT2D eigenvalue weighted by Crippen LogP contribution is -2.24. The summed E-state index contributed by atoms with van der Waals surface area (Å²) in [6, 6.07) is 14.3. The highest BCUT2D eigenvalue weighted by Crippen LogP contribution is 2.31. The van der Waals surface area contributed by atoms with Gasteiger partial charge in [-0.3, -0.25) is 9.59 Å². The monoisotopic (exact) mass is 394 g/mol. The van der Waals surface area contributed by atoms with Crippen LogP contribution in [0.1, 0.15) is 28.9 Å². The van der Waals surface area contributed by atoms with E-state index in [1.54, 1.807) is 46.1 Å². The predicted octanol–water partition coefficient (Wildman–Crippen LogP) is 4.21. The van der Waals surface area contributed by atoms with Crippen molar-refractivity contribution < 1.29 is 9.59 Å². The van der Waals surface area contributed by atoms with Crippen molar-refractivity contribution in [2.24, 2.45) is 0 Å². The molecule has 0 atom stereocenters. The molecule has 0 bridgehead atoms. The van der Waals surface area contributed by atoms with Crippen molar-refractivity contribution in [2.45, 2.75) is 19.8 Å². The minimum absolute atomic E-state index is 0.0752. The van der Waals surface area contributed by atoms with Crippen LogP contribution in [0, 0.1) is 6.92 Å². The van der Waals surface area contributed by atoms with Gasteiger partial charge in [0.15, 0.2) is 0 Å². The summed E-state index contributed by atoms with van der Waals surface area (Å²) >= 11 is 6.34. The lowest BCUT2D eigenvalue weighted by molar-refractivity contribution is -0.117. The maximum atomic E-state index is 12.5. The van der Waals surface area contributed by atoms with Crippen LogP contribution in [0.3, 0.4) is 0 Å². The van der Waals surface area contributed by atoms with E-state index in [-0.39, 0.29) is 11.8 Å². The molecule has 1 aromatic heterocycles. The molecule has 2 amide bonds. The molecule has 1 fully saturated rings. The average Bonchev–Trinajstić information content (AvgIpc) is 3.30. The zero-order chi connectivity index (χ0) is 19.7. The van der Waals surface area contributed by atoms with Gasteiger partial charge < -0.3 is 10.2 Å². The second-order valence-corrected chi connectivity index (χ2v) is 7.11. The van der Waals surface area contributed by atoms with Gasteiger partial charge in [0, 0.05) is 36.1 Å². The van der Waals surface area contributed by atoms with E-state index in [0.717, 1.165) is 17.8 Å². The van der Waals surface area contributed by atoms with Gasteiger partial charge in [-0.25, -0.2) is 4.68 Å². The second kappa shape index (κ2) is 7.48. The Kier molecular flexibility index (Phi) is 4.88. The van der Waals surface area contributed by atoms with Gasteiger partial charge in [-0.1, -0.05) is 11.6 Å². The molecular weight excluding hydrogens is 376 g/mol. The predicted molar refractivity (Wildman–Crippen MR) is 109 cm³/mol. The summed E-state index contributed by atoms with van der Waals surface area (Å²) in [5.41, 5.74) is 3.70. The standard InChI is InChI=1S/C21H19ClN4O2/c1-14-10-11-23-26(14)17-7-4-15(5-8-17)21(28)24-16-6-9-19(18(22)13-16)25-12-2-3-20(25)27/h4-11,13H,2-3,12H2,1H3,(H,24,28). The molecule has 1 aliphatic rings. The van der Waals surface area contributed by atoms with Crippen LogP contribution in [0.5, 0.6) is 0 Å². The molecule has 142 valence electrons.